The molecule has 0 unspecified atom stereocenters. The predicted molar refractivity (Wildman–Crippen MR) is 74.7 cm³/mol. The van der Waals surface area contributed by atoms with Gasteiger partial charge in [-0.25, -0.2) is 4.79 Å². The molecule has 4 heteroatoms. The van der Waals surface area contributed by atoms with Crippen LogP contribution in [0.5, 0.6) is 5.75 Å². The van der Waals surface area contributed by atoms with E-state index in [0.29, 0.717) is 11.7 Å². The van der Waals surface area contributed by atoms with Gasteiger partial charge in [0.2, 0.25) is 0 Å². The van der Waals surface area contributed by atoms with Crippen molar-refractivity contribution in [2.45, 2.75) is 26.2 Å². The summed E-state index contributed by atoms with van der Waals surface area (Å²) in [4.78, 5) is 22.7. The highest BCUT2D eigenvalue weighted by atomic mass is 16.5. The molecule has 2 atom stereocenters. The SMILES string of the molecule is CC[C@@H]1C=C[C@@H](C(=O)Oc2ccc(C(=O)O)cc2)CC1. The molecule has 0 fully saturated rings. The number of rotatable bonds is 4. The molecule has 2 rings (SSSR count). The van der Waals surface area contributed by atoms with Crippen molar-refractivity contribution in [3.63, 3.8) is 0 Å². The molecule has 0 heterocycles. The Morgan fingerprint density at radius 2 is 1.90 bits per heavy atom. The molecule has 0 amide bonds. The minimum Gasteiger partial charge on any atom is -0.478 e. The van der Waals surface area contributed by atoms with Gasteiger partial charge in [-0.1, -0.05) is 19.1 Å². The Morgan fingerprint density at radius 3 is 2.40 bits per heavy atom. The molecule has 0 saturated carbocycles. The summed E-state index contributed by atoms with van der Waals surface area (Å²) < 4.78 is 5.27. The summed E-state index contributed by atoms with van der Waals surface area (Å²) in [7, 11) is 0. The highest BCUT2D eigenvalue weighted by Crippen LogP contribution is 2.26. The molecule has 0 radical (unpaired) electrons. The maximum atomic E-state index is 12.0. The van der Waals surface area contributed by atoms with Crippen molar-refractivity contribution in [3.05, 3.63) is 42.0 Å². The number of allylic oxidation sites excluding steroid dienone is 1. The number of carboxylic acid groups (broad SMARTS) is 1. The minimum atomic E-state index is -0.997. The molecule has 1 aromatic rings. The summed E-state index contributed by atoms with van der Waals surface area (Å²) >= 11 is 0. The van der Waals surface area contributed by atoms with E-state index in [9.17, 15) is 9.59 Å². The lowest BCUT2D eigenvalue weighted by atomic mass is 9.87. The van der Waals surface area contributed by atoms with Gasteiger partial charge in [-0.05, 0) is 49.4 Å². The Balaban J connectivity index is 1.96. The summed E-state index contributed by atoms with van der Waals surface area (Å²) in [5, 5.41) is 8.79. The fraction of sp³-hybridized carbons (Fsp3) is 0.375. The van der Waals surface area contributed by atoms with E-state index in [1.54, 1.807) is 0 Å². The smallest absolute Gasteiger partial charge is 0.335 e. The molecule has 1 aromatic carbocycles. The van der Waals surface area contributed by atoms with Gasteiger partial charge in [-0.2, -0.15) is 0 Å². The largest absolute Gasteiger partial charge is 0.478 e. The molecular weight excluding hydrogens is 256 g/mol. The van der Waals surface area contributed by atoms with E-state index in [-0.39, 0.29) is 17.5 Å². The van der Waals surface area contributed by atoms with Crippen molar-refractivity contribution in [1.29, 1.82) is 0 Å². The molecule has 0 bridgehead atoms. The van der Waals surface area contributed by atoms with Gasteiger partial charge in [0.1, 0.15) is 5.75 Å². The minimum absolute atomic E-state index is 0.174. The zero-order valence-corrected chi connectivity index (χ0v) is 11.4. The van der Waals surface area contributed by atoms with Crippen molar-refractivity contribution >= 4 is 11.9 Å². The first-order valence-electron chi connectivity index (χ1n) is 6.83. The predicted octanol–water partition coefficient (Wildman–Crippen LogP) is 3.28. The number of ether oxygens (including phenoxy) is 1. The van der Waals surface area contributed by atoms with Crippen molar-refractivity contribution in [3.8, 4) is 5.75 Å². The van der Waals surface area contributed by atoms with E-state index >= 15 is 0 Å². The summed E-state index contributed by atoms with van der Waals surface area (Å²) in [6.07, 6.45) is 6.91. The first kappa shape index (κ1) is 14.3. The van der Waals surface area contributed by atoms with Gasteiger partial charge in [-0.3, -0.25) is 4.79 Å². The maximum absolute atomic E-state index is 12.0. The van der Waals surface area contributed by atoms with Crippen LogP contribution in [0.2, 0.25) is 0 Å². The number of esters is 1. The lowest BCUT2D eigenvalue weighted by molar-refractivity contribution is -0.137. The second-order valence-corrected chi connectivity index (χ2v) is 4.99. The number of carbonyl (C=O) groups is 2. The van der Waals surface area contributed by atoms with Gasteiger partial charge >= 0.3 is 11.9 Å². The van der Waals surface area contributed by atoms with Crippen LogP contribution in [0, 0.1) is 11.8 Å². The molecule has 1 N–H and O–H groups in total. The third-order valence-corrected chi connectivity index (χ3v) is 3.61. The van der Waals surface area contributed by atoms with Gasteiger partial charge in [0.25, 0.3) is 0 Å². The average Bonchev–Trinajstić information content (AvgIpc) is 2.48. The second kappa shape index (κ2) is 6.37. The van der Waals surface area contributed by atoms with E-state index < -0.39 is 5.97 Å². The van der Waals surface area contributed by atoms with Crippen LogP contribution in [-0.2, 0) is 4.79 Å². The fourth-order valence-electron chi connectivity index (χ4n) is 2.27. The third-order valence-electron chi connectivity index (χ3n) is 3.61. The van der Waals surface area contributed by atoms with Crippen LogP contribution < -0.4 is 4.74 Å². The quantitative estimate of drug-likeness (QED) is 0.520. The number of carbonyl (C=O) groups excluding carboxylic acids is 1. The Morgan fingerprint density at radius 1 is 1.20 bits per heavy atom. The average molecular weight is 274 g/mol. The van der Waals surface area contributed by atoms with Crippen LogP contribution in [0.4, 0.5) is 0 Å². The highest BCUT2D eigenvalue weighted by molar-refractivity contribution is 5.87. The van der Waals surface area contributed by atoms with Crippen molar-refractivity contribution in [2.24, 2.45) is 11.8 Å². The molecular formula is C16H18O4. The van der Waals surface area contributed by atoms with Crippen LogP contribution >= 0.6 is 0 Å². The Hall–Kier alpha value is -2.10. The third kappa shape index (κ3) is 3.47. The van der Waals surface area contributed by atoms with Crippen LogP contribution in [-0.4, -0.2) is 17.0 Å². The summed E-state index contributed by atoms with van der Waals surface area (Å²) in [5.74, 6) is -0.528. The number of hydrogen-bond acceptors (Lipinski definition) is 3. The number of benzene rings is 1. The summed E-state index contributed by atoms with van der Waals surface area (Å²) in [6, 6.07) is 5.86. The zero-order chi connectivity index (χ0) is 14.5. The summed E-state index contributed by atoms with van der Waals surface area (Å²) in [6.45, 7) is 2.14. The van der Waals surface area contributed by atoms with Crippen molar-refractivity contribution in [1.82, 2.24) is 0 Å². The molecule has 0 aromatic heterocycles. The highest BCUT2D eigenvalue weighted by Gasteiger charge is 2.22. The van der Waals surface area contributed by atoms with Crippen molar-refractivity contribution < 1.29 is 19.4 Å². The fourth-order valence-corrected chi connectivity index (χ4v) is 2.27. The van der Waals surface area contributed by atoms with Gasteiger partial charge in [-0.15, -0.1) is 0 Å². The summed E-state index contributed by atoms with van der Waals surface area (Å²) in [5.41, 5.74) is 0.174. The van der Waals surface area contributed by atoms with E-state index in [0.717, 1.165) is 19.3 Å². The van der Waals surface area contributed by atoms with E-state index in [1.165, 1.54) is 24.3 Å². The standard InChI is InChI=1S/C16H18O4/c1-2-11-3-5-13(6-4-11)16(19)20-14-9-7-12(8-10-14)15(17)18/h3,5,7-11,13H,2,4,6H2,1H3,(H,17,18)/t11-,13-/m1/s1. The van der Waals surface area contributed by atoms with Crippen LogP contribution in [0.1, 0.15) is 36.5 Å². The number of aromatic carboxylic acids is 1. The van der Waals surface area contributed by atoms with Crippen LogP contribution in [0.3, 0.4) is 0 Å². The van der Waals surface area contributed by atoms with Gasteiger partial charge in [0, 0.05) is 0 Å². The molecule has 0 aliphatic heterocycles. The molecule has 1 aliphatic rings. The maximum Gasteiger partial charge on any atom is 0.335 e. The molecule has 1 aliphatic carbocycles. The van der Waals surface area contributed by atoms with E-state index in [1.807, 2.05) is 6.08 Å². The molecule has 106 valence electrons. The van der Waals surface area contributed by atoms with E-state index in [4.69, 9.17) is 9.84 Å². The first-order chi connectivity index (χ1) is 9.60. The first-order valence-corrected chi connectivity index (χ1v) is 6.83. The van der Waals surface area contributed by atoms with Gasteiger partial charge in [0.05, 0.1) is 11.5 Å². The Kier molecular flexibility index (Phi) is 4.56. The topological polar surface area (TPSA) is 63.6 Å². The molecule has 20 heavy (non-hydrogen) atoms. The van der Waals surface area contributed by atoms with E-state index in [2.05, 4.69) is 13.0 Å². The monoisotopic (exact) mass is 274 g/mol. The van der Waals surface area contributed by atoms with Gasteiger partial charge < -0.3 is 9.84 Å². The lowest BCUT2D eigenvalue weighted by Crippen LogP contribution is -2.22. The normalized spacial score (nSPS) is 21.4. The Labute approximate surface area is 118 Å². The zero-order valence-electron chi connectivity index (χ0n) is 11.4. The molecule has 0 saturated heterocycles. The lowest BCUT2D eigenvalue weighted by Gasteiger charge is -2.20. The van der Waals surface area contributed by atoms with Gasteiger partial charge in [0.15, 0.2) is 0 Å². The number of hydrogen-bond donors (Lipinski definition) is 1. The number of carboxylic acids is 1. The van der Waals surface area contributed by atoms with Crippen LogP contribution in [0.25, 0.3) is 0 Å². The second-order valence-electron chi connectivity index (χ2n) is 4.99. The van der Waals surface area contributed by atoms with Crippen molar-refractivity contribution in [2.75, 3.05) is 0 Å². The Bertz CT molecular complexity index is 516. The molecule has 0 spiro atoms. The molecule has 4 nitrogen and oxygen atoms in total. The van der Waals surface area contributed by atoms with Crippen LogP contribution in [0.15, 0.2) is 36.4 Å².